The van der Waals surface area contributed by atoms with E-state index in [1.165, 1.54) is 32.1 Å². The van der Waals surface area contributed by atoms with E-state index in [1.807, 2.05) is 6.92 Å². The number of aryl methyl sites for hydroxylation is 1. The normalized spacial score (nSPS) is 19.9. The highest BCUT2D eigenvalue weighted by atomic mass is 16.6. The summed E-state index contributed by atoms with van der Waals surface area (Å²) in [4.78, 5) is 0. The predicted molar refractivity (Wildman–Crippen MR) is 61.9 cm³/mol. The number of rotatable bonds is 4. The lowest BCUT2D eigenvalue weighted by Crippen LogP contribution is -2.34. The van der Waals surface area contributed by atoms with Crippen molar-refractivity contribution in [3.63, 3.8) is 0 Å². The second-order valence-electron chi connectivity index (χ2n) is 4.86. The molecule has 1 N–H and O–H groups in total. The lowest BCUT2D eigenvalue weighted by atomic mass is 9.84. The van der Waals surface area contributed by atoms with Gasteiger partial charge in [-0.1, -0.05) is 29.6 Å². The van der Waals surface area contributed by atoms with Crippen molar-refractivity contribution in [2.45, 2.75) is 58.5 Å². The molecule has 0 saturated heterocycles. The summed E-state index contributed by atoms with van der Waals surface area (Å²) >= 11 is 0. The molecule has 0 amide bonds. The first-order valence-electron chi connectivity index (χ1n) is 6.29. The van der Waals surface area contributed by atoms with Gasteiger partial charge in [0.2, 0.25) is 0 Å². The average Bonchev–Trinajstić information content (AvgIpc) is 2.73. The van der Waals surface area contributed by atoms with Crippen LogP contribution in [0, 0.1) is 12.8 Å². The Hall–Kier alpha value is -0.900. The van der Waals surface area contributed by atoms with Crippen molar-refractivity contribution in [3.8, 4) is 0 Å². The highest BCUT2D eigenvalue weighted by Gasteiger charge is 2.20. The quantitative estimate of drug-likeness (QED) is 0.851. The molecule has 1 aromatic rings. The monoisotopic (exact) mass is 223 g/mol. The fourth-order valence-electron chi connectivity index (χ4n) is 2.47. The van der Waals surface area contributed by atoms with E-state index in [9.17, 15) is 0 Å². The van der Waals surface area contributed by atoms with E-state index in [2.05, 4.69) is 27.2 Å². The van der Waals surface area contributed by atoms with Crippen LogP contribution in [-0.2, 0) is 6.54 Å². The maximum absolute atomic E-state index is 4.68. The van der Waals surface area contributed by atoms with E-state index in [4.69, 9.17) is 0 Å². The van der Waals surface area contributed by atoms with Crippen LogP contribution in [-0.4, -0.2) is 16.4 Å². The number of aromatic nitrogens is 2. The van der Waals surface area contributed by atoms with Crippen LogP contribution in [0.25, 0.3) is 0 Å². The van der Waals surface area contributed by atoms with Gasteiger partial charge in [0, 0.05) is 12.6 Å². The third kappa shape index (κ3) is 2.82. The zero-order valence-corrected chi connectivity index (χ0v) is 10.2. The maximum Gasteiger partial charge on any atom is 0.121 e. The molecule has 1 heterocycles. The van der Waals surface area contributed by atoms with E-state index in [0.717, 1.165) is 23.9 Å². The molecule has 0 bridgehead atoms. The third-order valence-corrected chi connectivity index (χ3v) is 3.69. The van der Waals surface area contributed by atoms with Gasteiger partial charge in [-0.05, 0) is 32.6 Å². The van der Waals surface area contributed by atoms with Crippen molar-refractivity contribution in [2.75, 3.05) is 0 Å². The smallest absolute Gasteiger partial charge is 0.121 e. The molecule has 1 fully saturated rings. The number of hydrogen-bond acceptors (Lipinski definition) is 4. The Balaban J connectivity index is 1.78. The van der Waals surface area contributed by atoms with Crippen LogP contribution >= 0.6 is 0 Å². The summed E-state index contributed by atoms with van der Waals surface area (Å²) in [6.07, 6.45) is 6.92. The minimum atomic E-state index is 0.566. The van der Waals surface area contributed by atoms with Gasteiger partial charge in [0.05, 0.1) is 0 Å². The summed E-state index contributed by atoms with van der Waals surface area (Å²) in [5.41, 5.74) is 1.83. The first-order valence-corrected chi connectivity index (χ1v) is 6.29. The Morgan fingerprint density at radius 2 is 2.06 bits per heavy atom. The van der Waals surface area contributed by atoms with Crippen LogP contribution in [0.15, 0.2) is 4.63 Å². The van der Waals surface area contributed by atoms with Gasteiger partial charge in [0.1, 0.15) is 11.4 Å². The molecule has 1 aliphatic carbocycles. The molecule has 0 aromatic carbocycles. The molecule has 0 spiro atoms. The molecule has 4 heteroatoms. The molecule has 2 rings (SSSR count). The van der Waals surface area contributed by atoms with Gasteiger partial charge in [-0.15, -0.1) is 0 Å². The van der Waals surface area contributed by atoms with Gasteiger partial charge in [-0.2, -0.15) is 0 Å². The van der Waals surface area contributed by atoms with Crippen LogP contribution in [0.4, 0.5) is 0 Å². The van der Waals surface area contributed by atoms with Gasteiger partial charge in [-0.3, -0.25) is 0 Å². The molecule has 0 unspecified atom stereocenters. The van der Waals surface area contributed by atoms with Crippen molar-refractivity contribution in [1.82, 2.24) is 15.6 Å². The van der Waals surface area contributed by atoms with Crippen LogP contribution in [0.2, 0.25) is 0 Å². The van der Waals surface area contributed by atoms with Crippen molar-refractivity contribution in [3.05, 3.63) is 11.4 Å². The Labute approximate surface area is 96.8 Å². The summed E-state index contributed by atoms with van der Waals surface area (Å²) in [7, 11) is 0. The van der Waals surface area contributed by atoms with Gasteiger partial charge in [-0.25, -0.2) is 4.63 Å². The van der Waals surface area contributed by atoms with Crippen molar-refractivity contribution in [2.24, 2.45) is 5.92 Å². The summed E-state index contributed by atoms with van der Waals surface area (Å²) in [6, 6.07) is 0.566. The van der Waals surface area contributed by atoms with Gasteiger partial charge in [0.15, 0.2) is 0 Å². The number of nitrogens with one attached hydrogen (secondary N) is 1. The fourth-order valence-corrected chi connectivity index (χ4v) is 2.47. The summed E-state index contributed by atoms with van der Waals surface area (Å²) in [5, 5.41) is 11.2. The van der Waals surface area contributed by atoms with Gasteiger partial charge in [0.25, 0.3) is 0 Å². The third-order valence-electron chi connectivity index (χ3n) is 3.69. The fraction of sp³-hybridized carbons (Fsp3) is 0.833. The largest absolute Gasteiger partial charge is 0.308 e. The Morgan fingerprint density at radius 1 is 1.31 bits per heavy atom. The van der Waals surface area contributed by atoms with Gasteiger partial charge >= 0.3 is 0 Å². The zero-order valence-electron chi connectivity index (χ0n) is 10.2. The Kier molecular flexibility index (Phi) is 3.93. The number of nitrogens with zero attached hydrogens (tertiary/aromatic N) is 2. The second kappa shape index (κ2) is 5.43. The van der Waals surface area contributed by atoms with E-state index in [-0.39, 0.29) is 0 Å². The van der Waals surface area contributed by atoms with Crippen LogP contribution < -0.4 is 5.32 Å². The minimum absolute atomic E-state index is 0.566. The number of hydrogen-bond donors (Lipinski definition) is 1. The van der Waals surface area contributed by atoms with Crippen LogP contribution in [0.1, 0.15) is 50.4 Å². The molecule has 1 aromatic heterocycles. The SMILES string of the molecule is Cc1nonc1CN[C@@H](C)C1CCCCC1. The summed E-state index contributed by atoms with van der Waals surface area (Å²) < 4.78 is 4.68. The molecular formula is C12H21N3O. The molecule has 1 aliphatic rings. The average molecular weight is 223 g/mol. The first kappa shape index (κ1) is 11.6. The van der Waals surface area contributed by atoms with Crippen LogP contribution in [0.5, 0.6) is 0 Å². The Morgan fingerprint density at radius 3 is 2.69 bits per heavy atom. The maximum atomic E-state index is 4.68. The van der Waals surface area contributed by atoms with Crippen LogP contribution in [0.3, 0.4) is 0 Å². The summed E-state index contributed by atoms with van der Waals surface area (Å²) in [5.74, 6) is 0.828. The molecule has 0 aliphatic heterocycles. The van der Waals surface area contributed by atoms with E-state index >= 15 is 0 Å². The van der Waals surface area contributed by atoms with Crippen molar-refractivity contribution >= 4 is 0 Å². The minimum Gasteiger partial charge on any atom is -0.308 e. The molecule has 16 heavy (non-hydrogen) atoms. The summed E-state index contributed by atoms with van der Waals surface area (Å²) in [6.45, 7) is 4.98. The lowest BCUT2D eigenvalue weighted by molar-refractivity contribution is 0.275. The molecule has 1 saturated carbocycles. The van der Waals surface area contributed by atoms with E-state index in [1.54, 1.807) is 0 Å². The second-order valence-corrected chi connectivity index (χ2v) is 4.86. The zero-order chi connectivity index (χ0) is 11.4. The molecule has 4 nitrogen and oxygen atoms in total. The molecule has 0 radical (unpaired) electrons. The Bertz CT molecular complexity index is 318. The highest BCUT2D eigenvalue weighted by Crippen LogP contribution is 2.26. The molecule has 90 valence electrons. The lowest BCUT2D eigenvalue weighted by Gasteiger charge is -2.28. The first-order chi connectivity index (χ1) is 7.77. The predicted octanol–water partition coefficient (Wildman–Crippen LogP) is 2.44. The highest BCUT2D eigenvalue weighted by molar-refractivity contribution is 5.04. The van der Waals surface area contributed by atoms with Gasteiger partial charge < -0.3 is 5.32 Å². The van der Waals surface area contributed by atoms with E-state index in [0.29, 0.717) is 6.04 Å². The topological polar surface area (TPSA) is 51.0 Å². The van der Waals surface area contributed by atoms with Crippen molar-refractivity contribution < 1.29 is 4.63 Å². The standard InChI is InChI=1S/C12H21N3O/c1-9(11-6-4-3-5-7-11)13-8-12-10(2)14-16-15-12/h9,11,13H,3-8H2,1-2H3/t9-/m0/s1. The molecular weight excluding hydrogens is 202 g/mol. The van der Waals surface area contributed by atoms with Crippen molar-refractivity contribution in [1.29, 1.82) is 0 Å². The van der Waals surface area contributed by atoms with E-state index < -0.39 is 0 Å². The molecule has 1 atom stereocenters.